The van der Waals surface area contributed by atoms with Gasteiger partial charge in [0.25, 0.3) is 0 Å². The summed E-state index contributed by atoms with van der Waals surface area (Å²) in [5.74, 6) is 0. The summed E-state index contributed by atoms with van der Waals surface area (Å²) in [5.41, 5.74) is 15.8. The normalized spacial score (nSPS) is 13.8. The minimum atomic E-state index is 1.15. The zero-order valence-corrected chi connectivity index (χ0v) is 30.8. The Bertz CT molecular complexity index is 3120. The summed E-state index contributed by atoms with van der Waals surface area (Å²) in [6.07, 6.45) is 13.8. The fourth-order valence-electron chi connectivity index (χ4n) is 9.37. The number of benzene rings is 6. The largest absolute Gasteiger partial charge is 0.312 e. The van der Waals surface area contributed by atoms with Gasteiger partial charge in [-0.3, -0.25) is 0 Å². The Kier molecular flexibility index (Phi) is 6.84. The van der Waals surface area contributed by atoms with Crippen LogP contribution in [0.2, 0.25) is 0 Å². The molecule has 53 heavy (non-hydrogen) atoms. The third-order valence-electron chi connectivity index (χ3n) is 11.7. The van der Waals surface area contributed by atoms with Gasteiger partial charge in [-0.1, -0.05) is 78.9 Å². The molecule has 10 aromatic rings. The van der Waals surface area contributed by atoms with E-state index in [9.17, 15) is 0 Å². The smallest absolute Gasteiger partial charge is 0.0614 e. The molecule has 4 aromatic heterocycles. The molecule has 4 heterocycles. The highest BCUT2D eigenvalue weighted by Gasteiger charge is 2.26. The number of aromatic nitrogens is 2. The highest BCUT2D eigenvalue weighted by Crippen LogP contribution is 2.43. The molecule has 0 saturated carbocycles. The molecule has 0 saturated heterocycles. The predicted octanol–water partition coefficient (Wildman–Crippen LogP) is 14.3. The van der Waals surface area contributed by atoms with Crippen LogP contribution in [0.15, 0.2) is 133 Å². The first-order chi connectivity index (χ1) is 26.2. The second kappa shape index (κ2) is 11.8. The maximum Gasteiger partial charge on any atom is 0.0614 e. The predicted molar refractivity (Wildman–Crippen MR) is 230 cm³/mol. The molecule has 0 aliphatic heterocycles. The first-order valence-electron chi connectivity index (χ1n) is 19.0. The van der Waals surface area contributed by atoms with Crippen molar-refractivity contribution in [1.29, 1.82) is 0 Å². The van der Waals surface area contributed by atoms with Crippen LogP contribution in [-0.4, -0.2) is 8.97 Å². The Morgan fingerprint density at radius 2 is 1.19 bits per heavy atom. The number of para-hydroxylation sites is 1. The minimum Gasteiger partial charge on any atom is -0.312 e. The zero-order chi connectivity index (χ0) is 35.2. The van der Waals surface area contributed by atoms with Gasteiger partial charge in [0.05, 0.1) is 22.2 Å². The molecular weight excluding hydrogens is 661 g/mol. The van der Waals surface area contributed by atoms with Gasteiger partial charge in [-0.05, 0) is 134 Å². The van der Waals surface area contributed by atoms with Crippen molar-refractivity contribution >= 4 is 81.8 Å². The average molecular weight is 699 g/mol. The Labute approximate surface area is 312 Å². The van der Waals surface area contributed by atoms with E-state index in [0.29, 0.717) is 0 Å². The van der Waals surface area contributed by atoms with E-state index in [1.54, 1.807) is 5.56 Å². The molecule has 254 valence electrons. The van der Waals surface area contributed by atoms with Crippen LogP contribution in [0.5, 0.6) is 0 Å². The van der Waals surface area contributed by atoms with Gasteiger partial charge in [0.2, 0.25) is 0 Å². The number of hydrogen-bond acceptors (Lipinski definition) is 1. The first kappa shape index (κ1) is 30.7. The summed E-state index contributed by atoms with van der Waals surface area (Å²) < 4.78 is 7.70. The molecule has 2 nitrogen and oxygen atoms in total. The van der Waals surface area contributed by atoms with E-state index in [1.165, 1.54) is 116 Å². The second-order valence-electron chi connectivity index (χ2n) is 14.6. The van der Waals surface area contributed by atoms with E-state index >= 15 is 0 Å². The molecule has 0 spiro atoms. The SMILES string of the molecule is C/C=C\c1c(/C=C\C)n2c3c(c4cc(-c5ccc(-n6c7ccccc7c7cc(-c8ccc9sc%10ccccc%10c9c8)ccc76)cc5)cc1c42)CCCC3. The van der Waals surface area contributed by atoms with E-state index in [-0.39, 0.29) is 0 Å². The van der Waals surface area contributed by atoms with E-state index < -0.39 is 0 Å². The molecule has 11 rings (SSSR count). The number of nitrogens with zero attached hydrogens (tertiary/aromatic N) is 2. The van der Waals surface area contributed by atoms with Crippen LogP contribution in [0, 0.1) is 0 Å². The number of allylic oxidation sites excluding steroid dienone is 2. The topological polar surface area (TPSA) is 9.34 Å². The van der Waals surface area contributed by atoms with Gasteiger partial charge in [-0.2, -0.15) is 0 Å². The standard InChI is InChI=1S/C50H38N2S/c1-3-11-36-42-29-34(30-43-38-14-6-9-17-46(38)52(50(42)43)44(36)12-4-2)31-19-23-35(24-20-31)51-45-16-8-5-13-37(45)40-27-32(21-25-47(40)51)33-22-26-49-41(28-33)39-15-7-10-18-48(39)53-49/h3-5,7-8,10-13,15-16,18-30H,6,9,14,17H2,1-2H3/b11-3-,12-4-. The fraction of sp³-hybridized carbons (Fsp3) is 0.120. The summed E-state index contributed by atoms with van der Waals surface area (Å²) in [4.78, 5) is 0. The van der Waals surface area contributed by atoms with Crippen molar-refractivity contribution in [3.05, 3.63) is 156 Å². The quantitative estimate of drug-likeness (QED) is 0.169. The van der Waals surface area contributed by atoms with Gasteiger partial charge in [0, 0.05) is 58.7 Å². The Morgan fingerprint density at radius 3 is 2.04 bits per heavy atom. The maximum atomic E-state index is 2.58. The number of hydrogen-bond donors (Lipinski definition) is 0. The van der Waals surface area contributed by atoms with Crippen LogP contribution in [0.3, 0.4) is 0 Å². The summed E-state index contributed by atoms with van der Waals surface area (Å²) in [6.45, 7) is 4.26. The van der Waals surface area contributed by atoms with Crippen molar-refractivity contribution in [2.45, 2.75) is 39.5 Å². The van der Waals surface area contributed by atoms with Crippen molar-refractivity contribution < 1.29 is 0 Å². The lowest BCUT2D eigenvalue weighted by atomic mass is 9.92. The molecular formula is C50H38N2S. The molecule has 0 N–H and O–H groups in total. The molecule has 3 heteroatoms. The van der Waals surface area contributed by atoms with Crippen molar-refractivity contribution in [3.8, 4) is 27.9 Å². The second-order valence-corrected chi connectivity index (χ2v) is 15.7. The molecule has 1 aliphatic rings. The lowest BCUT2D eigenvalue weighted by Crippen LogP contribution is -2.04. The Hall–Kier alpha value is -5.90. The maximum absolute atomic E-state index is 2.58. The highest BCUT2D eigenvalue weighted by atomic mass is 32.1. The number of fused-ring (bicyclic) bond motifs is 9. The molecule has 0 atom stereocenters. The first-order valence-corrected chi connectivity index (χ1v) is 19.8. The van der Waals surface area contributed by atoms with Crippen LogP contribution in [-0.2, 0) is 12.8 Å². The molecule has 6 aromatic carbocycles. The van der Waals surface area contributed by atoms with Crippen LogP contribution in [0.4, 0.5) is 0 Å². The van der Waals surface area contributed by atoms with Crippen LogP contribution in [0.1, 0.15) is 49.2 Å². The summed E-state index contributed by atoms with van der Waals surface area (Å²) in [6, 6.07) is 45.7. The van der Waals surface area contributed by atoms with Crippen LogP contribution >= 0.6 is 11.3 Å². The van der Waals surface area contributed by atoms with Gasteiger partial charge in [-0.15, -0.1) is 11.3 Å². The Morgan fingerprint density at radius 1 is 0.528 bits per heavy atom. The van der Waals surface area contributed by atoms with Gasteiger partial charge < -0.3 is 8.97 Å². The van der Waals surface area contributed by atoms with Crippen LogP contribution in [0.25, 0.3) is 98.4 Å². The molecule has 0 unspecified atom stereocenters. The monoisotopic (exact) mass is 698 g/mol. The van der Waals surface area contributed by atoms with E-state index in [4.69, 9.17) is 0 Å². The van der Waals surface area contributed by atoms with Crippen molar-refractivity contribution in [3.63, 3.8) is 0 Å². The third-order valence-corrected chi connectivity index (χ3v) is 12.8. The summed E-state index contributed by atoms with van der Waals surface area (Å²) in [5, 5.41) is 8.02. The molecule has 0 radical (unpaired) electrons. The fourth-order valence-corrected chi connectivity index (χ4v) is 10.5. The third kappa shape index (κ3) is 4.50. The van der Waals surface area contributed by atoms with E-state index in [0.717, 1.165) is 12.8 Å². The van der Waals surface area contributed by atoms with Gasteiger partial charge >= 0.3 is 0 Å². The van der Waals surface area contributed by atoms with Crippen LogP contribution < -0.4 is 0 Å². The Balaban J connectivity index is 1.04. The van der Waals surface area contributed by atoms with Crippen molar-refractivity contribution in [1.82, 2.24) is 8.97 Å². The molecule has 0 amide bonds. The number of thiophene rings is 1. The highest BCUT2D eigenvalue weighted by molar-refractivity contribution is 7.25. The summed E-state index contributed by atoms with van der Waals surface area (Å²) in [7, 11) is 0. The average Bonchev–Trinajstić information content (AvgIpc) is 3.93. The van der Waals surface area contributed by atoms with Gasteiger partial charge in [0.15, 0.2) is 0 Å². The van der Waals surface area contributed by atoms with Crippen molar-refractivity contribution in [2.24, 2.45) is 0 Å². The lowest BCUT2D eigenvalue weighted by molar-refractivity contribution is 0.671. The lowest BCUT2D eigenvalue weighted by Gasteiger charge is -2.14. The molecule has 0 fully saturated rings. The minimum absolute atomic E-state index is 1.15. The van der Waals surface area contributed by atoms with E-state index in [1.807, 2.05) is 11.3 Å². The molecule has 1 aliphatic carbocycles. The molecule has 0 bridgehead atoms. The van der Waals surface area contributed by atoms with Gasteiger partial charge in [0.1, 0.15) is 0 Å². The number of rotatable bonds is 5. The zero-order valence-electron chi connectivity index (χ0n) is 30.0. The summed E-state index contributed by atoms with van der Waals surface area (Å²) >= 11 is 1.87. The number of aryl methyl sites for hydroxylation is 2. The van der Waals surface area contributed by atoms with Crippen molar-refractivity contribution in [2.75, 3.05) is 0 Å². The van der Waals surface area contributed by atoms with Gasteiger partial charge in [-0.25, -0.2) is 0 Å². The van der Waals surface area contributed by atoms with E-state index in [2.05, 4.69) is 168 Å².